The molecule has 0 aliphatic heterocycles. The number of carbonyl (C=O) groups excluding carboxylic acids is 1. The maximum atomic E-state index is 13.2. The number of fused-ring (bicyclic) bond motifs is 1. The van der Waals surface area contributed by atoms with Crippen LogP contribution in [0.1, 0.15) is 10.4 Å². The minimum absolute atomic E-state index is 0.243. The van der Waals surface area contributed by atoms with E-state index < -0.39 is 0 Å². The van der Waals surface area contributed by atoms with Crippen molar-refractivity contribution in [1.29, 1.82) is 0 Å². The number of benzene rings is 2. The molecule has 0 aliphatic rings. The monoisotopic (exact) mass is 425 g/mol. The van der Waals surface area contributed by atoms with Gasteiger partial charge in [-0.2, -0.15) is 5.10 Å². The van der Waals surface area contributed by atoms with Crippen molar-refractivity contribution in [2.45, 2.75) is 0 Å². The van der Waals surface area contributed by atoms with Gasteiger partial charge < -0.3 is 14.6 Å². The van der Waals surface area contributed by atoms with Crippen molar-refractivity contribution in [2.24, 2.45) is 7.05 Å². The number of amides is 1. The molecule has 5 rings (SSSR count). The third-order valence-corrected chi connectivity index (χ3v) is 5.20. The highest BCUT2D eigenvalue weighted by molar-refractivity contribution is 6.12. The van der Waals surface area contributed by atoms with Gasteiger partial charge in [-0.15, -0.1) is 0 Å². The van der Waals surface area contributed by atoms with Gasteiger partial charge in [-0.1, -0.05) is 5.16 Å². The molecule has 0 bridgehead atoms. The molecule has 5 aromatic rings. The topological polar surface area (TPSA) is 95.1 Å². The van der Waals surface area contributed by atoms with Gasteiger partial charge in [0.15, 0.2) is 11.4 Å². The zero-order chi connectivity index (χ0) is 22.1. The molecule has 8 heteroatoms. The summed E-state index contributed by atoms with van der Waals surface area (Å²) in [6.45, 7) is 0. The zero-order valence-electron chi connectivity index (χ0n) is 17.4. The maximum absolute atomic E-state index is 13.2. The fourth-order valence-corrected chi connectivity index (χ4v) is 3.49. The molecule has 0 saturated carbocycles. The normalized spacial score (nSPS) is 10.9. The number of aromatic nitrogens is 4. The summed E-state index contributed by atoms with van der Waals surface area (Å²) in [4.78, 5) is 17.9. The number of aryl methyl sites for hydroxylation is 1. The molecular formula is C24H19N5O3. The highest BCUT2D eigenvalue weighted by atomic mass is 16.5. The van der Waals surface area contributed by atoms with E-state index in [9.17, 15) is 4.79 Å². The number of pyridine rings is 1. The second-order valence-corrected chi connectivity index (χ2v) is 7.20. The third-order valence-electron chi connectivity index (χ3n) is 5.20. The van der Waals surface area contributed by atoms with Crippen LogP contribution in [0.5, 0.6) is 5.75 Å². The fraction of sp³-hybridized carbons (Fsp3) is 0.0833. The molecule has 1 amide bonds. The second-order valence-electron chi connectivity index (χ2n) is 7.20. The van der Waals surface area contributed by atoms with E-state index in [-0.39, 0.29) is 5.91 Å². The van der Waals surface area contributed by atoms with Crippen LogP contribution in [-0.2, 0) is 7.05 Å². The molecule has 8 nitrogen and oxygen atoms in total. The number of ether oxygens (including phenoxy) is 1. The van der Waals surface area contributed by atoms with Crippen molar-refractivity contribution in [3.8, 4) is 28.3 Å². The maximum Gasteiger partial charge on any atom is 0.256 e. The lowest BCUT2D eigenvalue weighted by Gasteiger charge is -2.10. The summed E-state index contributed by atoms with van der Waals surface area (Å²) in [5.41, 5.74) is 4.21. The van der Waals surface area contributed by atoms with Crippen LogP contribution in [0.4, 0.5) is 5.69 Å². The SMILES string of the molecule is COc1ccc(-c2cc(C(=O)Nc3ccc(-c4ccno4)cc3)c3cnn(C)c3n2)cc1. The van der Waals surface area contributed by atoms with E-state index in [1.807, 2.05) is 48.5 Å². The lowest BCUT2D eigenvalue weighted by Crippen LogP contribution is -2.13. The summed E-state index contributed by atoms with van der Waals surface area (Å²) in [5, 5.41) is 11.6. The smallest absolute Gasteiger partial charge is 0.256 e. The number of methoxy groups -OCH3 is 1. The Labute approximate surface area is 183 Å². The highest BCUT2D eigenvalue weighted by Crippen LogP contribution is 2.27. The Kier molecular flexibility index (Phi) is 4.87. The first-order chi connectivity index (χ1) is 15.6. The van der Waals surface area contributed by atoms with Crippen LogP contribution in [0.2, 0.25) is 0 Å². The fourth-order valence-electron chi connectivity index (χ4n) is 3.49. The molecule has 158 valence electrons. The summed E-state index contributed by atoms with van der Waals surface area (Å²) in [6, 6.07) is 18.5. The molecule has 0 atom stereocenters. The number of anilines is 1. The van der Waals surface area contributed by atoms with Crippen molar-refractivity contribution < 1.29 is 14.1 Å². The van der Waals surface area contributed by atoms with E-state index in [4.69, 9.17) is 14.2 Å². The number of hydrogen-bond donors (Lipinski definition) is 1. The van der Waals surface area contributed by atoms with Gasteiger partial charge in [-0.3, -0.25) is 9.48 Å². The van der Waals surface area contributed by atoms with Gasteiger partial charge in [0.1, 0.15) is 5.75 Å². The molecule has 32 heavy (non-hydrogen) atoms. The zero-order valence-corrected chi connectivity index (χ0v) is 17.4. The van der Waals surface area contributed by atoms with Gasteiger partial charge in [0.2, 0.25) is 0 Å². The van der Waals surface area contributed by atoms with Crippen molar-refractivity contribution in [1.82, 2.24) is 19.9 Å². The number of carbonyl (C=O) groups is 1. The Morgan fingerprint density at radius 1 is 1.03 bits per heavy atom. The predicted octanol–water partition coefficient (Wildman–Crippen LogP) is 4.55. The molecule has 2 aromatic carbocycles. The molecule has 3 aromatic heterocycles. The quantitative estimate of drug-likeness (QED) is 0.444. The van der Waals surface area contributed by atoms with Gasteiger partial charge in [0.25, 0.3) is 5.91 Å². The average molecular weight is 425 g/mol. The van der Waals surface area contributed by atoms with Crippen molar-refractivity contribution in [2.75, 3.05) is 12.4 Å². The van der Waals surface area contributed by atoms with Crippen LogP contribution in [0, 0.1) is 0 Å². The van der Waals surface area contributed by atoms with E-state index >= 15 is 0 Å². The molecule has 0 spiro atoms. The standard InChI is InChI=1S/C24H19N5O3/c1-29-23-20(14-25-29)19(13-21(28-23)15-5-9-18(31-2)10-6-15)24(30)27-17-7-3-16(4-8-17)22-11-12-26-32-22/h3-14H,1-2H3,(H,27,30). The summed E-state index contributed by atoms with van der Waals surface area (Å²) in [6.07, 6.45) is 3.25. The van der Waals surface area contributed by atoms with Crippen LogP contribution in [0.3, 0.4) is 0 Å². The first kappa shape index (κ1) is 19.5. The summed E-state index contributed by atoms with van der Waals surface area (Å²) < 4.78 is 12.1. The average Bonchev–Trinajstić information content (AvgIpc) is 3.50. The number of nitrogens with one attached hydrogen (secondary N) is 1. The lowest BCUT2D eigenvalue weighted by molar-refractivity contribution is 0.102. The van der Waals surface area contributed by atoms with Crippen molar-refractivity contribution in [3.63, 3.8) is 0 Å². The summed E-state index contributed by atoms with van der Waals surface area (Å²) >= 11 is 0. The Bertz CT molecular complexity index is 1390. The van der Waals surface area contributed by atoms with Gasteiger partial charge in [-0.05, 0) is 54.6 Å². The Balaban J connectivity index is 1.49. The predicted molar refractivity (Wildman–Crippen MR) is 120 cm³/mol. The van der Waals surface area contributed by atoms with Crippen LogP contribution < -0.4 is 10.1 Å². The first-order valence-corrected chi connectivity index (χ1v) is 9.92. The van der Waals surface area contributed by atoms with Crippen LogP contribution >= 0.6 is 0 Å². The van der Waals surface area contributed by atoms with E-state index in [0.717, 1.165) is 16.9 Å². The van der Waals surface area contributed by atoms with Crippen LogP contribution in [-0.4, -0.2) is 32.9 Å². The van der Waals surface area contributed by atoms with Crippen LogP contribution in [0.15, 0.2) is 77.6 Å². The molecule has 0 unspecified atom stereocenters. The molecule has 0 saturated heterocycles. The molecule has 1 N–H and O–H groups in total. The molecule has 0 fully saturated rings. The van der Waals surface area contributed by atoms with Crippen molar-refractivity contribution >= 4 is 22.6 Å². The number of nitrogens with zero attached hydrogens (tertiary/aromatic N) is 4. The van der Waals surface area contributed by atoms with Gasteiger partial charge in [0.05, 0.1) is 36.1 Å². The number of hydrogen-bond acceptors (Lipinski definition) is 6. The third kappa shape index (κ3) is 3.58. The van der Waals surface area contributed by atoms with E-state index in [0.29, 0.717) is 33.7 Å². The minimum atomic E-state index is -0.243. The van der Waals surface area contributed by atoms with E-state index in [2.05, 4.69) is 15.6 Å². The summed E-state index contributed by atoms with van der Waals surface area (Å²) in [7, 11) is 3.42. The Morgan fingerprint density at radius 3 is 2.47 bits per heavy atom. The molecule has 0 aliphatic carbocycles. The lowest BCUT2D eigenvalue weighted by atomic mass is 10.1. The van der Waals surface area contributed by atoms with Gasteiger partial charge in [-0.25, -0.2) is 4.98 Å². The Morgan fingerprint density at radius 2 is 1.78 bits per heavy atom. The van der Waals surface area contributed by atoms with Gasteiger partial charge in [0, 0.05) is 29.9 Å². The second kappa shape index (κ2) is 7.99. The first-order valence-electron chi connectivity index (χ1n) is 9.92. The molecular weight excluding hydrogens is 406 g/mol. The highest BCUT2D eigenvalue weighted by Gasteiger charge is 2.17. The molecule has 0 radical (unpaired) electrons. The van der Waals surface area contributed by atoms with Crippen molar-refractivity contribution in [3.05, 3.63) is 78.6 Å². The van der Waals surface area contributed by atoms with E-state index in [1.165, 1.54) is 0 Å². The largest absolute Gasteiger partial charge is 0.497 e. The summed E-state index contributed by atoms with van der Waals surface area (Å²) in [5.74, 6) is 1.17. The van der Waals surface area contributed by atoms with E-state index in [1.54, 1.807) is 43.4 Å². The number of rotatable bonds is 5. The van der Waals surface area contributed by atoms with Gasteiger partial charge >= 0.3 is 0 Å². The molecule has 3 heterocycles. The minimum Gasteiger partial charge on any atom is -0.497 e. The Hall–Kier alpha value is -4.46. The van der Waals surface area contributed by atoms with Crippen LogP contribution in [0.25, 0.3) is 33.6 Å².